The van der Waals surface area contributed by atoms with Gasteiger partial charge < -0.3 is 5.11 Å². The van der Waals surface area contributed by atoms with Crippen LogP contribution in [0.3, 0.4) is 0 Å². The molecule has 2 nitrogen and oxygen atoms in total. The van der Waals surface area contributed by atoms with E-state index in [-0.39, 0.29) is 11.5 Å². The minimum atomic E-state index is -1.22. The minimum Gasteiger partial charge on any atom is -0.478 e. The monoisotopic (exact) mass is 196 g/mol. The molecular formula is C11H13FO2. The van der Waals surface area contributed by atoms with Gasteiger partial charge in [-0.05, 0) is 30.0 Å². The molecule has 0 aliphatic heterocycles. The zero-order chi connectivity index (χ0) is 10.7. The number of carbonyl (C=O) groups is 1. The molecule has 1 atom stereocenters. The van der Waals surface area contributed by atoms with Gasteiger partial charge in [0.25, 0.3) is 0 Å². The van der Waals surface area contributed by atoms with Crippen LogP contribution in [0.25, 0.3) is 0 Å². The average molecular weight is 196 g/mol. The molecule has 0 saturated carbocycles. The van der Waals surface area contributed by atoms with Crippen LogP contribution in [0.15, 0.2) is 18.2 Å². The van der Waals surface area contributed by atoms with Crippen LogP contribution in [0.5, 0.6) is 0 Å². The lowest BCUT2D eigenvalue weighted by atomic mass is 9.97. The maximum Gasteiger partial charge on any atom is 0.338 e. The van der Waals surface area contributed by atoms with Crippen molar-refractivity contribution in [3.8, 4) is 0 Å². The molecule has 0 heterocycles. The molecule has 1 aromatic carbocycles. The number of hydrogen-bond acceptors (Lipinski definition) is 1. The lowest BCUT2D eigenvalue weighted by Crippen LogP contribution is -2.03. The highest BCUT2D eigenvalue weighted by molar-refractivity contribution is 5.88. The molecule has 0 spiro atoms. The van der Waals surface area contributed by atoms with Gasteiger partial charge in [0.05, 0.1) is 5.56 Å². The summed E-state index contributed by atoms with van der Waals surface area (Å²) in [6, 6.07) is 4.26. The van der Waals surface area contributed by atoms with Crippen molar-refractivity contribution in [1.82, 2.24) is 0 Å². The van der Waals surface area contributed by atoms with Gasteiger partial charge in [-0.1, -0.05) is 19.9 Å². The third-order valence-corrected chi connectivity index (χ3v) is 2.40. The third-order valence-electron chi connectivity index (χ3n) is 2.40. The van der Waals surface area contributed by atoms with Crippen LogP contribution in [0.1, 0.15) is 42.1 Å². The summed E-state index contributed by atoms with van der Waals surface area (Å²) < 4.78 is 13.0. The van der Waals surface area contributed by atoms with Crippen molar-refractivity contribution < 1.29 is 14.3 Å². The van der Waals surface area contributed by atoms with Crippen molar-refractivity contribution in [2.24, 2.45) is 0 Å². The highest BCUT2D eigenvalue weighted by Crippen LogP contribution is 2.21. The zero-order valence-electron chi connectivity index (χ0n) is 8.25. The van der Waals surface area contributed by atoms with Gasteiger partial charge in [-0.2, -0.15) is 0 Å². The summed E-state index contributed by atoms with van der Waals surface area (Å²) >= 11 is 0. The van der Waals surface area contributed by atoms with Gasteiger partial charge in [-0.3, -0.25) is 0 Å². The Morgan fingerprint density at radius 1 is 1.57 bits per heavy atom. The van der Waals surface area contributed by atoms with Crippen molar-refractivity contribution in [3.05, 3.63) is 35.1 Å². The number of carboxylic acid groups (broad SMARTS) is 1. The quantitative estimate of drug-likeness (QED) is 0.806. The van der Waals surface area contributed by atoms with Gasteiger partial charge in [0.15, 0.2) is 0 Å². The normalized spacial score (nSPS) is 12.5. The van der Waals surface area contributed by atoms with E-state index in [2.05, 4.69) is 0 Å². The lowest BCUT2D eigenvalue weighted by Gasteiger charge is -2.09. The van der Waals surface area contributed by atoms with Gasteiger partial charge in [-0.25, -0.2) is 9.18 Å². The maximum atomic E-state index is 13.0. The van der Waals surface area contributed by atoms with E-state index in [0.29, 0.717) is 0 Å². The van der Waals surface area contributed by atoms with E-state index in [0.717, 1.165) is 12.0 Å². The first kappa shape index (κ1) is 10.7. The molecule has 1 aromatic rings. The van der Waals surface area contributed by atoms with Crippen molar-refractivity contribution in [1.29, 1.82) is 0 Å². The molecule has 0 fully saturated rings. The van der Waals surface area contributed by atoms with Crippen LogP contribution < -0.4 is 0 Å². The molecule has 0 aliphatic rings. The molecule has 0 radical (unpaired) electrons. The Morgan fingerprint density at radius 3 is 2.71 bits per heavy atom. The second kappa shape index (κ2) is 4.22. The molecule has 14 heavy (non-hydrogen) atoms. The van der Waals surface area contributed by atoms with E-state index in [1.807, 2.05) is 13.8 Å². The number of aromatic carboxylic acids is 1. The van der Waals surface area contributed by atoms with E-state index in [4.69, 9.17) is 5.11 Å². The van der Waals surface area contributed by atoms with Crippen LogP contribution in [-0.2, 0) is 0 Å². The summed E-state index contributed by atoms with van der Waals surface area (Å²) in [5.41, 5.74) is 0.620. The number of halogens is 1. The highest BCUT2D eigenvalue weighted by atomic mass is 19.1. The number of benzene rings is 1. The van der Waals surface area contributed by atoms with Gasteiger partial charge in [-0.15, -0.1) is 0 Å². The Hall–Kier alpha value is -1.38. The molecular weight excluding hydrogens is 183 g/mol. The van der Waals surface area contributed by atoms with Gasteiger partial charge in [0.2, 0.25) is 0 Å². The average Bonchev–Trinajstić information content (AvgIpc) is 2.17. The first-order chi connectivity index (χ1) is 6.56. The van der Waals surface area contributed by atoms with E-state index >= 15 is 0 Å². The Balaban J connectivity index is 3.12. The third kappa shape index (κ3) is 2.10. The molecule has 0 saturated heterocycles. The lowest BCUT2D eigenvalue weighted by molar-refractivity contribution is 0.0691. The summed E-state index contributed by atoms with van der Waals surface area (Å²) in [5, 5.41) is 8.70. The number of carboxylic acids is 1. The molecule has 3 heteroatoms. The molecule has 1 N–H and O–H groups in total. The zero-order valence-corrected chi connectivity index (χ0v) is 8.25. The Kier molecular flexibility index (Phi) is 3.23. The fourth-order valence-electron chi connectivity index (χ4n) is 1.25. The maximum absolute atomic E-state index is 13.0. The highest BCUT2D eigenvalue weighted by Gasteiger charge is 2.12. The fraction of sp³-hybridized carbons (Fsp3) is 0.364. The summed E-state index contributed by atoms with van der Waals surface area (Å²) in [4.78, 5) is 10.6. The Bertz CT molecular complexity index is 347. The molecule has 0 amide bonds. The molecule has 0 aliphatic carbocycles. The van der Waals surface area contributed by atoms with Gasteiger partial charge >= 0.3 is 5.97 Å². The topological polar surface area (TPSA) is 37.3 Å². The number of hydrogen-bond donors (Lipinski definition) is 1. The standard InChI is InChI=1S/C11H13FO2/c1-3-7(2)8-4-5-10(12)9(6-8)11(13)14/h4-7H,3H2,1-2H3,(H,13,14). The van der Waals surface area contributed by atoms with Crippen molar-refractivity contribution >= 4 is 5.97 Å². The molecule has 1 rings (SSSR count). The van der Waals surface area contributed by atoms with Gasteiger partial charge in [0.1, 0.15) is 5.82 Å². The molecule has 1 unspecified atom stereocenters. The predicted octanol–water partition coefficient (Wildman–Crippen LogP) is 3.04. The van der Waals surface area contributed by atoms with E-state index in [9.17, 15) is 9.18 Å². The van der Waals surface area contributed by atoms with Crippen LogP contribution in [-0.4, -0.2) is 11.1 Å². The van der Waals surface area contributed by atoms with Crippen LogP contribution in [0.4, 0.5) is 4.39 Å². The summed E-state index contributed by atoms with van der Waals surface area (Å²) in [7, 11) is 0. The summed E-state index contributed by atoms with van der Waals surface area (Å²) in [6.45, 7) is 3.99. The Morgan fingerprint density at radius 2 is 2.21 bits per heavy atom. The second-order valence-electron chi connectivity index (χ2n) is 3.35. The first-order valence-electron chi connectivity index (χ1n) is 4.59. The first-order valence-corrected chi connectivity index (χ1v) is 4.59. The van der Waals surface area contributed by atoms with Crippen molar-refractivity contribution in [3.63, 3.8) is 0 Å². The van der Waals surface area contributed by atoms with Crippen LogP contribution in [0, 0.1) is 5.82 Å². The van der Waals surface area contributed by atoms with E-state index in [1.165, 1.54) is 12.1 Å². The molecule has 0 aromatic heterocycles. The fourth-order valence-corrected chi connectivity index (χ4v) is 1.25. The molecule has 0 bridgehead atoms. The van der Waals surface area contributed by atoms with Crippen LogP contribution in [0.2, 0.25) is 0 Å². The number of rotatable bonds is 3. The van der Waals surface area contributed by atoms with E-state index in [1.54, 1.807) is 6.07 Å². The van der Waals surface area contributed by atoms with E-state index < -0.39 is 11.8 Å². The minimum absolute atomic E-state index is 0.247. The largest absolute Gasteiger partial charge is 0.478 e. The molecule has 76 valence electrons. The van der Waals surface area contributed by atoms with Crippen molar-refractivity contribution in [2.45, 2.75) is 26.2 Å². The van der Waals surface area contributed by atoms with Gasteiger partial charge in [0, 0.05) is 0 Å². The van der Waals surface area contributed by atoms with Crippen LogP contribution >= 0.6 is 0 Å². The second-order valence-corrected chi connectivity index (χ2v) is 3.35. The SMILES string of the molecule is CCC(C)c1ccc(F)c(C(=O)O)c1. The summed E-state index contributed by atoms with van der Waals surface area (Å²) in [6.07, 6.45) is 0.907. The summed E-state index contributed by atoms with van der Waals surface area (Å²) in [5.74, 6) is -1.63. The van der Waals surface area contributed by atoms with Crippen molar-refractivity contribution in [2.75, 3.05) is 0 Å². The Labute approximate surface area is 82.4 Å². The predicted molar refractivity (Wildman–Crippen MR) is 52.1 cm³/mol. The smallest absolute Gasteiger partial charge is 0.338 e.